The van der Waals surface area contributed by atoms with Crippen molar-refractivity contribution < 1.29 is 9.53 Å². The Hall–Kier alpha value is -3.34. The van der Waals surface area contributed by atoms with Crippen LogP contribution in [0, 0.1) is 0 Å². The molecule has 0 aliphatic rings. The van der Waals surface area contributed by atoms with Gasteiger partial charge in [-0.05, 0) is 42.5 Å². The molecule has 0 spiro atoms. The lowest BCUT2D eigenvalue weighted by Crippen LogP contribution is -2.15. The van der Waals surface area contributed by atoms with E-state index in [0.717, 1.165) is 5.75 Å². The molecule has 0 aliphatic carbocycles. The number of rotatable bonds is 4. The third-order valence-electron chi connectivity index (χ3n) is 3.13. The molecule has 2 N–H and O–H groups in total. The number of benzene rings is 2. The first-order chi connectivity index (χ1) is 11.2. The molecule has 0 saturated carbocycles. The van der Waals surface area contributed by atoms with Crippen LogP contribution in [-0.2, 0) is 0 Å². The topological polar surface area (TPSA) is 71.2 Å². The zero-order valence-electron chi connectivity index (χ0n) is 12.2. The maximum Gasteiger partial charge on any atom is 0.255 e. The van der Waals surface area contributed by atoms with Crippen molar-refractivity contribution in [2.75, 3.05) is 5.32 Å². The number of aromatic amines is 1. The molecule has 5 nitrogen and oxygen atoms in total. The second kappa shape index (κ2) is 6.62. The van der Waals surface area contributed by atoms with Crippen LogP contribution in [0.2, 0.25) is 0 Å². The van der Waals surface area contributed by atoms with E-state index in [-0.39, 0.29) is 11.5 Å². The standard InChI is InChI=1S/C18H14N2O3/c21-17-12-13(10-11-19-17)18(22)20-14-6-8-16(9-7-14)23-15-4-2-1-3-5-15/h1-12H,(H,19,21)(H,20,22). The van der Waals surface area contributed by atoms with Gasteiger partial charge in [0.15, 0.2) is 0 Å². The van der Waals surface area contributed by atoms with Gasteiger partial charge in [-0.3, -0.25) is 9.59 Å². The van der Waals surface area contributed by atoms with Crippen LogP contribution in [0.3, 0.4) is 0 Å². The van der Waals surface area contributed by atoms with E-state index in [9.17, 15) is 9.59 Å². The van der Waals surface area contributed by atoms with Gasteiger partial charge in [-0.25, -0.2) is 0 Å². The summed E-state index contributed by atoms with van der Waals surface area (Å²) in [5, 5.41) is 2.73. The zero-order valence-corrected chi connectivity index (χ0v) is 12.2. The third-order valence-corrected chi connectivity index (χ3v) is 3.13. The molecule has 0 fully saturated rings. The van der Waals surface area contributed by atoms with Crippen LogP contribution in [0.1, 0.15) is 10.4 Å². The second-order valence-corrected chi connectivity index (χ2v) is 4.84. The Morgan fingerprint density at radius 2 is 1.61 bits per heavy atom. The number of para-hydroxylation sites is 1. The van der Waals surface area contributed by atoms with Gasteiger partial charge in [0.05, 0.1) is 0 Å². The zero-order chi connectivity index (χ0) is 16.1. The number of pyridine rings is 1. The van der Waals surface area contributed by atoms with Gasteiger partial charge in [0.25, 0.3) is 5.91 Å². The highest BCUT2D eigenvalue weighted by molar-refractivity contribution is 6.04. The highest BCUT2D eigenvalue weighted by Crippen LogP contribution is 2.22. The molecule has 23 heavy (non-hydrogen) atoms. The molecule has 2 aromatic carbocycles. The minimum absolute atomic E-state index is 0.304. The van der Waals surface area contributed by atoms with Gasteiger partial charge in [0.1, 0.15) is 11.5 Å². The summed E-state index contributed by atoms with van der Waals surface area (Å²) in [7, 11) is 0. The number of amides is 1. The van der Waals surface area contributed by atoms with Gasteiger partial charge in [-0.15, -0.1) is 0 Å². The van der Waals surface area contributed by atoms with Crippen LogP contribution in [0.15, 0.2) is 77.7 Å². The summed E-state index contributed by atoms with van der Waals surface area (Å²) in [5.41, 5.74) is 0.610. The molecule has 0 bridgehead atoms. The third kappa shape index (κ3) is 3.85. The normalized spacial score (nSPS) is 10.1. The highest BCUT2D eigenvalue weighted by atomic mass is 16.5. The van der Waals surface area contributed by atoms with E-state index in [4.69, 9.17) is 4.74 Å². The Labute approximate surface area is 132 Å². The van der Waals surface area contributed by atoms with Gasteiger partial charge in [-0.1, -0.05) is 18.2 Å². The fraction of sp³-hybridized carbons (Fsp3) is 0. The van der Waals surface area contributed by atoms with E-state index in [1.807, 2.05) is 30.3 Å². The van der Waals surface area contributed by atoms with Crippen molar-refractivity contribution in [3.63, 3.8) is 0 Å². The molecular formula is C18H14N2O3. The van der Waals surface area contributed by atoms with Crippen molar-refractivity contribution >= 4 is 11.6 Å². The quantitative estimate of drug-likeness (QED) is 0.776. The molecule has 0 radical (unpaired) electrons. The molecule has 1 amide bonds. The smallest absolute Gasteiger partial charge is 0.255 e. The number of ether oxygens (including phenoxy) is 1. The first-order valence-electron chi connectivity index (χ1n) is 7.04. The number of hydrogen-bond donors (Lipinski definition) is 2. The maximum absolute atomic E-state index is 12.0. The maximum atomic E-state index is 12.0. The van der Waals surface area contributed by atoms with Crippen molar-refractivity contribution in [1.82, 2.24) is 4.98 Å². The predicted octanol–water partition coefficient (Wildman–Crippen LogP) is 3.42. The SMILES string of the molecule is O=C(Nc1ccc(Oc2ccccc2)cc1)c1cc[nH]c(=O)c1. The molecule has 3 rings (SSSR count). The van der Waals surface area contributed by atoms with Crippen molar-refractivity contribution in [2.24, 2.45) is 0 Å². The fourth-order valence-electron chi connectivity index (χ4n) is 2.02. The summed E-state index contributed by atoms with van der Waals surface area (Å²) in [6.07, 6.45) is 1.44. The monoisotopic (exact) mass is 306 g/mol. The number of aromatic nitrogens is 1. The molecule has 114 valence electrons. The van der Waals surface area contributed by atoms with Gasteiger partial charge in [-0.2, -0.15) is 0 Å². The lowest BCUT2D eigenvalue weighted by atomic mass is 10.2. The van der Waals surface area contributed by atoms with Gasteiger partial charge >= 0.3 is 0 Å². The summed E-state index contributed by atoms with van der Waals surface area (Å²) >= 11 is 0. The van der Waals surface area contributed by atoms with Crippen molar-refractivity contribution in [3.05, 3.63) is 88.8 Å². The Balaban J connectivity index is 1.68. The Bertz CT molecular complexity index is 855. The van der Waals surface area contributed by atoms with Gasteiger partial charge in [0, 0.05) is 23.5 Å². The van der Waals surface area contributed by atoms with Crippen LogP contribution >= 0.6 is 0 Å². The van der Waals surface area contributed by atoms with Crippen molar-refractivity contribution in [1.29, 1.82) is 0 Å². The molecule has 3 aromatic rings. The number of carbonyl (C=O) groups excluding carboxylic acids is 1. The molecule has 5 heteroatoms. The molecule has 1 aromatic heterocycles. The molecule has 0 unspecified atom stereocenters. The Morgan fingerprint density at radius 1 is 0.913 bits per heavy atom. The first kappa shape index (κ1) is 14.6. The van der Waals surface area contributed by atoms with Crippen LogP contribution in [0.5, 0.6) is 11.5 Å². The van der Waals surface area contributed by atoms with Crippen LogP contribution < -0.4 is 15.6 Å². The van der Waals surface area contributed by atoms with E-state index < -0.39 is 0 Å². The van der Waals surface area contributed by atoms with E-state index in [1.165, 1.54) is 12.3 Å². The predicted molar refractivity (Wildman–Crippen MR) is 88.0 cm³/mol. The Morgan fingerprint density at radius 3 is 2.30 bits per heavy atom. The molecule has 0 saturated heterocycles. The van der Waals surface area contributed by atoms with E-state index in [1.54, 1.807) is 30.3 Å². The molecule has 1 heterocycles. The summed E-state index contributed by atoms with van der Waals surface area (Å²) in [6, 6.07) is 19.2. The Kier molecular flexibility index (Phi) is 4.20. The van der Waals surface area contributed by atoms with Gasteiger partial charge < -0.3 is 15.0 Å². The van der Waals surface area contributed by atoms with Crippen LogP contribution in [-0.4, -0.2) is 10.9 Å². The first-order valence-corrected chi connectivity index (χ1v) is 7.04. The highest BCUT2D eigenvalue weighted by Gasteiger charge is 2.06. The van der Waals surface area contributed by atoms with Gasteiger partial charge in [0.2, 0.25) is 5.56 Å². The second-order valence-electron chi connectivity index (χ2n) is 4.84. The van der Waals surface area contributed by atoms with Crippen molar-refractivity contribution in [3.8, 4) is 11.5 Å². The number of carbonyl (C=O) groups is 1. The molecule has 0 aliphatic heterocycles. The number of nitrogens with one attached hydrogen (secondary N) is 2. The van der Waals surface area contributed by atoms with E-state index >= 15 is 0 Å². The molecule has 0 atom stereocenters. The minimum atomic E-state index is -0.340. The average molecular weight is 306 g/mol. The van der Waals surface area contributed by atoms with Crippen LogP contribution in [0.25, 0.3) is 0 Å². The minimum Gasteiger partial charge on any atom is -0.457 e. The van der Waals surface area contributed by atoms with Crippen LogP contribution in [0.4, 0.5) is 5.69 Å². The average Bonchev–Trinajstić information content (AvgIpc) is 2.57. The van der Waals surface area contributed by atoms with E-state index in [2.05, 4.69) is 10.3 Å². The lowest BCUT2D eigenvalue weighted by molar-refractivity contribution is 0.102. The summed E-state index contributed by atoms with van der Waals surface area (Å²) < 4.78 is 5.68. The largest absolute Gasteiger partial charge is 0.457 e. The van der Waals surface area contributed by atoms with Crippen molar-refractivity contribution in [2.45, 2.75) is 0 Å². The summed E-state index contributed by atoms with van der Waals surface area (Å²) in [4.78, 5) is 25.7. The van der Waals surface area contributed by atoms with E-state index in [0.29, 0.717) is 17.0 Å². The summed E-state index contributed by atoms with van der Waals surface area (Å²) in [5.74, 6) is 1.07. The molecular weight excluding hydrogens is 292 g/mol. The fourth-order valence-corrected chi connectivity index (χ4v) is 2.02. The number of H-pyrrole nitrogens is 1. The summed E-state index contributed by atoms with van der Waals surface area (Å²) in [6.45, 7) is 0. The number of anilines is 1. The number of hydrogen-bond acceptors (Lipinski definition) is 3. The lowest BCUT2D eigenvalue weighted by Gasteiger charge is -2.08.